The van der Waals surface area contributed by atoms with E-state index in [0.29, 0.717) is 28.8 Å². The topological polar surface area (TPSA) is 71.0 Å². The van der Waals surface area contributed by atoms with Gasteiger partial charge in [0, 0.05) is 16.8 Å². The fourth-order valence-electron chi connectivity index (χ4n) is 3.57. The Morgan fingerprint density at radius 3 is 2.76 bits per heavy atom. The van der Waals surface area contributed by atoms with E-state index in [4.69, 9.17) is 21.3 Å². The fourth-order valence-corrected chi connectivity index (χ4v) is 4.75. The van der Waals surface area contributed by atoms with E-state index in [-0.39, 0.29) is 12.3 Å². The molecule has 1 atom stereocenters. The number of carbonyl (C=O) groups excluding carboxylic acids is 2. The van der Waals surface area contributed by atoms with E-state index in [1.807, 2.05) is 35.4 Å². The molecule has 8 heteroatoms. The molecule has 3 aliphatic rings. The molecule has 1 N–H and O–H groups in total. The number of hydrogen-bond acceptors (Lipinski definition) is 6. The molecule has 0 spiro atoms. The molecule has 4 rings (SSSR count). The summed E-state index contributed by atoms with van der Waals surface area (Å²) < 4.78 is 5.10. The van der Waals surface area contributed by atoms with Crippen molar-refractivity contribution >= 4 is 40.4 Å². The van der Waals surface area contributed by atoms with E-state index in [0.717, 1.165) is 29.3 Å². The molecule has 1 aromatic rings. The van der Waals surface area contributed by atoms with Crippen LogP contribution in [-0.2, 0) is 14.3 Å². The van der Waals surface area contributed by atoms with Crippen LogP contribution in [0.1, 0.15) is 44.2 Å². The smallest absolute Gasteiger partial charge is 0.338 e. The molecule has 1 unspecified atom stereocenters. The molecule has 0 radical (unpaired) electrons. The van der Waals surface area contributed by atoms with Crippen LogP contribution in [0.2, 0.25) is 5.02 Å². The molecule has 0 saturated heterocycles. The Bertz CT molecular complexity index is 952. The normalized spacial score (nSPS) is 20.8. The molecule has 1 aliphatic carbocycles. The second-order valence-corrected chi connectivity index (χ2v) is 8.38. The largest absolute Gasteiger partial charge is 0.466 e. The second kappa shape index (κ2) is 8.24. The molecule has 1 amide bonds. The number of nitrogens with zero attached hydrogens (tertiary/aromatic N) is 2. The van der Waals surface area contributed by atoms with Gasteiger partial charge in [0.2, 0.25) is 5.91 Å². The first-order chi connectivity index (χ1) is 14.0. The molecule has 0 aromatic heterocycles. The maximum Gasteiger partial charge on any atom is 0.338 e. The number of carbonyl (C=O) groups is 2. The lowest BCUT2D eigenvalue weighted by molar-refractivity contribution is -0.136. The van der Waals surface area contributed by atoms with Gasteiger partial charge in [-0.25, -0.2) is 9.79 Å². The molecule has 29 heavy (non-hydrogen) atoms. The molecule has 6 nitrogen and oxygen atoms in total. The van der Waals surface area contributed by atoms with Gasteiger partial charge in [-0.05, 0) is 36.3 Å². The number of allylic oxidation sites excluding steroid dienone is 1. The van der Waals surface area contributed by atoms with Crippen molar-refractivity contribution in [1.29, 1.82) is 0 Å². The first kappa shape index (κ1) is 20.0. The molecule has 1 fully saturated rings. The number of amidine groups is 1. The van der Waals surface area contributed by atoms with Gasteiger partial charge in [-0.3, -0.25) is 4.79 Å². The molecular formula is C21H22ClN3O3S. The second-order valence-electron chi connectivity index (χ2n) is 7.14. The summed E-state index contributed by atoms with van der Waals surface area (Å²) in [6, 6.07) is 7.24. The van der Waals surface area contributed by atoms with Gasteiger partial charge in [0.05, 0.1) is 30.8 Å². The summed E-state index contributed by atoms with van der Waals surface area (Å²) in [6.45, 7) is 1.96. The molecular weight excluding hydrogens is 410 g/mol. The minimum absolute atomic E-state index is 0.0246. The number of rotatable bonds is 6. The van der Waals surface area contributed by atoms with Crippen LogP contribution in [0, 0.1) is 0 Å². The van der Waals surface area contributed by atoms with Gasteiger partial charge in [0.15, 0.2) is 5.17 Å². The maximum absolute atomic E-state index is 12.8. The first-order valence-electron chi connectivity index (χ1n) is 9.62. The highest BCUT2D eigenvalue weighted by atomic mass is 35.5. The minimum Gasteiger partial charge on any atom is -0.466 e. The van der Waals surface area contributed by atoms with E-state index in [2.05, 4.69) is 5.32 Å². The zero-order valence-electron chi connectivity index (χ0n) is 16.3. The SMILES string of the molecule is CCC1=C(C(=O)OC)C(c2ccccc2Cl)N2C(CC(=O)NC3CC3)=CSC2=N1. The van der Waals surface area contributed by atoms with Gasteiger partial charge >= 0.3 is 5.97 Å². The van der Waals surface area contributed by atoms with E-state index >= 15 is 0 Å². The van der Waals surface area contributed by atoms with Crippen molar-refractivity contribution in [2.24, 2.45) is 4.99 Å². The highest BCUT2D eigenvalue weighted by molar-refractivity contribution is 8.16. The monoisotopic (exact) mass is 431 g/mol. The van der Waals surface area contributed by atoms with Crippen LogP contribution in [0.5, 0.6) is 0 Å². The maximum atomic E-state index is 12.8. The lowest BCUT2D eigenvalue weighted by atomic mass is 9.93. The quantitative estimate of drug-likeness (QED) is 0.685. The summed E-state index contributed by atoms with van der Waals surface area (Å²) in [7, 11) is 1.37. The lowest BCUT2D eigenvalue weighted by Crippen LogP contribution is -2.38. The van der Waals surface area contributed by atoms with Crippen molar-refractivity contribution in [3.05, 3.63) is 57.2 Å². The van der Waals surface area contributed by atoms with Crippen LogP contribution in [-0.4, -0.2) is 35.1 Å². The van der Waals surface area contributed by atoms with Crippen LogP contribution >= 0.6 is 23.4 Å². The number of benzene rings is 1. The third-order valence-electron chi connectivity index (χ3n) is 5.11. The third-order valence-corrected chi connectivity index (χ3v) is 6.35. The van der Waals surface area contributed by atoms with Crippen LogP contribution in [0.4, 0.5) is 0 Å². The van der Waals surface area contributed by atoms with Gasteiger partial charge in [-0.1, -0.05) is 48.5 Å². The number of esters is 1. The Morgan fingerprint density at radius 2 is 2.10 bits per heavy atom. The predicted molar refractivity (Wildman–Crippen MR) is 114 cm³/mol. The Balaban J connectivity index is 1.76. The first-order valence-corrected chi connectivity index (χ1v) is 10.9. The fraction of sp³-hybridized carbons (Fsp3) is 0.381. The number of thioether (sulfide) groups is 1. The van der Waals surface area contributed by atoms with Crippen molar-refractivity contribution in [2.45, 2.75) is 44.7 Å². The Hall–Kier alpha value is -2.25. The van der Waals surface area contributed by atoms with Gasteiger partial charge in [0.25, 0.3) is 0 Å². The van der Waals surface area contributed by atoms with Crippen LogP contribution in [0.25, 0.3) is 0 Å². The van der Waals surface area contributed by atoms with Crippen molar-refractivity contribution in [2.75, 3.05) is 7.11 Å². The van der Waals surface area contributed by atoms with Gasteiger partial charge in [0.1, 0.15) is 0 Å². The molecule has 152 valence electrons. The third kappa shape index (κ3) is 3.94. The summed E-state index contributed by atoms with van der Waals surface area (Å²) >= 11 is 8.00. The van der Waals surface area contributed by atoms with Crippen molar-refractivity contribution in [3.63, 3.8) is 0 Å². The van der Waals surface area contributed by atoms with Crippen molar-refractivity contribution in [3.8, 4) is 0 Å². The lowest BCUT2D eigenvalue weighted by Gasteiger charge is -2.36. The number of fused-ring (bicyclic) bond motifs is 1. The van der Waals surface area contributed by atoms with Crippen LogP contribution < -0.4 is 5.32 Å². The Kier molecular flexibility index (Phi) is 5.69. The highest BCUT2D eigenvalue weighted by Gasteiger charge is 2.42. The van der Waals surface area contributed by atoms with Crippen LogP contribution in [0.15, 0.2) is 51.6 Å². The average molecular weight is 432 g/mol. The number of nitrogens with one attached hydrogen (secondary N) is 1. The highest BCUT2D eigenvalue weighted by Crippen LogP contribution is 2.46. The predicted octanol–water partition coefficient (Wildman–Crippen LogP) is 4.15. The van der Waals surface area contributed by atoms with E-state index in [1.54, 1.807) is 6.07 Å². The summed E-state index contributed by atoms with van der Waals surface area (Å²) in [6.07, 6.45) is 2.88. The molecule has 0 bridgehead atoms. The summed E-state index contributed by atoms with van der Waals surface area (Å²) in [5, 5.41) is 6.25. The van der Waals surface area contributed by atoms with E-state index in [1.165, 1.54) is 18.9 Å². The standard InChI is InChI=1S/C21H22ClN3O3S/c1-3-16-18(20(27)28-2)19(14-6-4-5-7-15(14)22)25-13(11-29-21(25)24-16)10-17(26)23-12-8-9-12/h4-7,11-12,19H,3,8-10H2,1-2H3,(H,23,26). The summed E-state index contributed by atoms with van der Waals surface area (Å²) in [4.78, 5) is 31.9. The number of methoxy groups -OCH3 is 1. The van der Waals surface area contributed by atoms with Gasteiger partial charge in [-0.15, -0.1) is 0 Å². The number of ether oxygens (including phenoxy) is 1. The zero-order chi connectivity index (χ0) is 20.5. The minimum atomic E-state index is -0.492. The molecule has 2 aliphatic heterocycles. The number of halogens is 1. The van der Waals surface area contributed by atoms with Crippen molar-refractivity contribution in [1.82, 2.24) is 10.2 Å². The average Bonchev–Trinajstić information content (AvgIpc) is 3.45. The molecule has 1 saturated carbocycles. The Labute approximate surface area is 179 Å². The van der Waals surface area contributed by atoms with Gasteiger partial charge < -0.3 is 15.0 Å². The zero-order valence-corrected chi connectivity index (χ0v) is 17.8. The number of amides is 1. The molecule has 2 heterocycles. The summed E-state index contributed by atoms with van der Waals surface area (Å²) in [5.74, 6) is -0.461. The van der Waals surface area contributed by atoms with Crippen LogP contribution in [0.3, 0.4) is 0 Å². The number of hydrogen-bond donors (Lipinski definition) is 1. The molecule has 1 aromatic carbocycles. The Morgan fingerprint density at radius 1 is 1.34 bits per heavy atom. The summed E-state index contributed by atoms with van der Waals surface area (Å²) in [5.41, 5.74) is 2.72. The van der Waals surface area contributed by atoms with Crippen molar-refractivity contribution < 1.29 is 14.3 Å². The van der Waals surface area contributed by atoms with E-state index in [9.17, 15) is 9.59 Å². The number of aliphatic imine (C=N–C) groups is 1. The van der Waals surface area contributed by atoms with E-state index < -0.39 is 12.0 Å². The van der Waals surface area contributed by atoms with Gasteiger partial charge in [-0.2, -0.15) is 0 Å².